The highest BCUT2D eigenvalue weighted by Crippen LogP contribution is 2.48. The lowest BCUT2D eigenvalue weighted by Crippen LogP contribution is -2.60. The van der Waals surface area contributed by atoms with Crippen LogP contribution in [0.4, 0.5) is 0 Å². The number of benzene rings is 2. The molecule has 8 atom stereocenters. The van der Waals surface area contributed by atoms with Crippen LogP contribution >= 0.6 is 0 Å². The van der Waals surface area contributed by atoms with Gasteiger partial charge in [0, 0.05) is 4.92 Å². The van der Waals surface area contributed by atoms with E-state index in [1.54, 1.807) is 18.9 Å². The van der Waals surface area contributed by atoms with E-state index in [4.69, 9.17) is 28.5 Å². The van der Waals surface area contributed by atoms with Crippen molar-refractivity contribution in [1.29, 1.82) is 0 Å². The first-order valence-corrected chi connectivity index (χ1v) is 12.6. The van der Waals surface area contributed by atoms with Crippen LogP contribution in [0.15, 0.2) is 60.7 Å². The summed E-state index contributed by atoms with van der Waals surface area (Å²) in [6, 6.07) is 17.4. The fourth-order valence-corrected chi connectivity index (χ4v) is 5.94. The van der Waals surface area contributed by atoms with Crippen LogP contribution in [0, 0.1) is 10.1 Å². The van der Waals surface area contributed by atoms with Crippen LogP contribution in [-0.4, -0.2) is 64.4 Å². The zero-order valence-corrected chi connectivity index (χ0v) is 21.3. The maximum Gasteiger partial charge on any atom is 0.265 e. The predicted octanol–water partition coefficient (Wildman–Crippen LogP) is 3.59. The van der Waals surface area contributed by atoms with Crippen molar-refractivity contribution in [2.24, 2.45) is 0 Å². The van der Waals surface area contributed by atoms with Crippen LogP contribution in [0.25, 0.3) is 0 Å². The molecular weight excluding hydrogens is 480 g/mol. The quantitative estimate of drug-likeness (QED) is 0.439. The predicted molar refractivity (Wildman–Crippen MR) is 129 cm³/mol. The number of nitrogens with zero attached hydrogens (tertiary/aromatic N) is 2. The zero-order valence-electron chi connectivity index (χ0n) is 21.3. The summed E-state index contributed by atoms with van der Waals surface area (Å²) in [5.74, 6) is -1.82. The largest absolute Gasteiger partial charge is 0.342 e. The topological polar surface area (TPSA) is 102 Å². The van der Waals surface area contributed by atoms with E-state index in [0.29, 0.717) is 6.54 Å². The van der Waals surface area contributed by atoms with Crippen LogP contribution in [-0.2, 0) is 35.1 Å². The van der Waals surface area contributed by atoms with Gasteiger partial charge < -0.3 is 23.7 Å². The molecule has 0 bridgehead atoms. The van der Waals surface area contributed by atoms with Crippen molar-refractivity contribution in [2.75, 3.05) is 0 Å². The van der Waals surface area contributed by atoms with Gasteiger partial charge in [0.05, 0.1) is 6.54 Å². The normalized spacial score (nSPS) is 38.3. The second-order valence-corrected chi connectivity index (χ2v) is 10.9. The van der Waals surface area contributed by atoms with Gasteiger partial charge >= 0.3 is 0 Å². The van der Waals surface area contributed by atoms with Gasteiger partial charge in [0.15, 0.2) is 24.0 Å². The van der Waals surface area contributed by atoms with Crippen LogP contribution in [0.1, 0.15) is 44.9 Å². The van der Waals surface area contributed by atoms with Gasteiger partial charge in [-0.1, -0.05) is 60.7 Å². The van der Waals surface area contributed by atoms with Crippen molar-refractivity contribution >= 4 is 0 Å². The maximum absolute atomic E-state index is 12.7. The molecule has 0 aromatic heterocycles. The van der Waals surface area contributed by atoms with E-state index in [9.17, 15) is 10.1 Å². The smallest absolute Gasteiger partial charge is 0.265 e. The summed E-state index contributed by atoms with van der Waals surface area (Å²) in [7, 11) is 0. The fourth-order valence-electron chi connectivity index (χ4n) is 5.94. The summed E-state index contributed by atoms with van der Waals surface area (Å²) < 4.78 is 31.0. The molecule has 4 fully saturated rings. The molecule has 37 heavy (non-hydrogen) atoms. The Bertz CT molecular complexity index is 1130. The Kier molecular flexibility index (Phi) is 6.11. The lowest BCUT2D eigenvalue weighted by atomic mass is 9.88. The molecule has 0 aliphatic carbocycles. The maximum atomic E-state index is 12.7. The van der Waals surface area contributed by atoms with E-state index >= 15 is 0 Å². The second-order valence-electron chi connectivity index (χ2n) is 10.9. The number of hydroxylamine groups is 2. The van der Waals surface area contributed by atoms with Crippen LogP contribution in [0.2, 0.25) is 0 Å². The van der Waals surface area contributed by atoms with Crippen molar-refractivity contribution in [3.63, 3.8) is 0 Å². The van der Waals surface area contributed by atoms with Gasteiger partial charge in [-0.25, -0.2) is 0 Å². The number of nitro groups is 1. The second kappa shape index (κ2) is 9.09. The summed E-state index contributed by atoms with van der Waals surface area (Å²) in [5.41, 5.74) is 1.77. The van der Waals surface area contributed by atoms with Crippen molar-refractivity contribution < 1.29 is 33.4 Å². The van der Waals surface area contributed by atoms with E-state index in [1.165, 1.54) is 0 Å². The fraction of sp³-hybridized carbons (Fsp3) is 0.556. The summed E-state index contributed by atoms with van der Waals surface area (Å²) >= 11 is 0. The molecule has 0 saturated carbocycles. The van der Waals surface area contributed by atoms with Gasteiger partial charge in [0.25, 0.3) is 6.04 Å². The summed E-state index contributed by atoms with van der Waals surface area (Å²) in [6.45, 7) is 7.60. The molecule has 198 valence electrons. The Morgan fingerprint density at radius 1 is 0.784 bits per heavy atom. The first-order chi connectivity index (χ1) is 17.6. The lowest BCUT2D eigenvalue weighted by molar-refractivity contribution is -0.534. The molecule has 0 unspecified atom stereocenters. The molecule has 10 nitrogen and oxygen atoms in total. The number of ether oxygens (including phenoxy) is 5. The third kappa shape index (κ3) is 4.57. The molecule has 10 heteroatoms. The Balaban J connectivity index is 1.38. The van der Waals surface area contributed by atoms with Crippen LogP contribution in [0.3, 0.4) is 0 Å². The zero-order chi connectivity index (χ0) is 25.9. The SMILES string of the molecule is CC1(C)O[C@@H]2[C@H](O1)[C@H]1OC(C)(C)O[C@H]1O[C@@H]2[C@@H]1ON(Cc2ccccc2)[C@H](c2ccccc2)[C@H]1[N+](=O)[O-]. The van der Waals surface area contributed by atoms with Crippen molar-refractivity contribution in [3.05, 3.63) is 81.9 Å². The molecule has 0 N–H and O–H groups in total. The third-order valence-electron chi connectivity index (χ3n) is 7.31. The molecular formula is C27H32N2O8. The average molecular weight is 513 g/mol. The van der Waals surface area contributed by atoms with E-state index in [2.05, 4.69) is 0 Å². The monoisotopic (exact) mass is 512 g/mol. The van der Waals surface area contributed by atoms with Gasteiger partial charge in [0.2, 0.25) is 0 Å². The highest BCUT2D eigenvalue weighted by molar-refractivity contribution is 5.23. The highest BCUT2D eigenvalue weighted by Gasteiger charge is 2.66. The van der Waals surface area contributed by atoms with Crippen molar-refractivity contribution in [2.45, 2.75) is 94.7 Å². The molecule has 2 aromatic carbocycles. The molecule has 4 saturated heterocycles. The minimum absolute atomic E-state index is 0.269. The Morgan fingerprint density at radius 2 is 1.35 bits per heavy atom. The van der Waals surface area contributed by atoms with E-state index < -0.39 is 60.5 Å². The average Bonchev–Trinajstić information content (AvgIpc) is 3.48. The van der Waals surface area contributed by atoms with Crippen LogP contribution < -0.4 is 0 Å². The number of hydrogen-bond acceptors (Lipinski definition) is 9. The standard InChI is InChI=1S/C27H32N2O8/c1-26(2)33-22-21(32-25-24(23(22)34-26)35-27(3,4)36-25)20-19(29(30)31)18(17-13-9-6-10-14-17)28(37-20)15-16-11-7-5-8-12-16/h5-14,18-25H,15H2,1-4H3/t18-,19-,20-,21-,22+,23+,24-,25-/m1/s1. The number of fused-ring (bicyclic) bond motifs is 3. The van der Waals surface area contributed by atoms with Crippen molar-refractivity contribution in [1.82, 2.24) is 5.06 Å². The molecule has 4 aliphatic heterocycles. The number of rotatable bonds is 5. The molecule has 0 radical (unpaired) electrons. The lowest BCUT2D eigenvalue weighted by Gasteiger charge is -2.39. The van der Waals surface area contributed by atoms with Crippen LogP contribution in [0.5, 0.6) is 0 Å². The van der Waals surface area contributed by atoms with Gasteiger partial charge in [-0.05, 0) is 38.8 Å². The summed E-state index contributed by atoms with van der Waals surface area (Å²) in [5, 5.41) is 14.4. The molecule has 0 amide bonds. The highest BCUT2D eigenvalue weighted by atomic mass is 16.9. The minimum Gasteiger partial charge on any atom is -0.342 e. The molecule has 2 aromatic rings. The van der Waals surface area contributed by atoms with Gasteiger partial charge in [-0.3, -0.25) is 15.0 Å². The van der Waals surface area contributed by atoms with E-state index in [-0.39, 0.29) is 4.92 Å². The molecule has 4 heterocycles. The van der Waals surface area contributed by atoms with E-state index in [1.807, 2.05) is 74.5 Å². The first kappa shape index (κ1) is 24.9. The van der Waals surface area contributed by atoms with E-state index in [0.717, 1.165) is 11.1 Å². The van der Waals surface area contributed by atoms with Gasteiger partial charge in [-0.2, -0.15) is 5.06 Å². The van der Waals surface area contributed by atoms with Gasteiger partial charge in [0.1, 0.15) is 30.5 Å². The van der Waals surface area contributed by atoms with Crippen molar-refractivity contribution in [3.8, 4) is 0 Å². The Morgan fingerprint density at radius 3 is 2.00 bits per heavy atom. The molecule has 4 aliphatic rings. The Labute approximate surface area is 215 Å². The molecule has 0 spiro atoms. The van der Waals surface area contributed by atoms with Gasteiger partial charge in [-0.15, -0.1) is 0 Å². The Hall–Kier alpha value is -2.44. The summed E-state index contributed by atoms with van der Waals surface area (Å²) in [4.78, 5) is 18.9. The number of hydrogen-bond donors (Lipinski definition) is 0. The third-order valence-corrected chi connectivity index (χ3v) is 7.31. The summed E-state index contributed by atoms with van der Waals surface area (Å²) in [6.07, 6.45) is -4.26. The first-order valence-electron chi connectivity index (χ1n) is 12.6. The molecule has 6 rings (SSSR count). The minimum atomic E-state index is -1.13.